The predicted octanol–water partition coefficient (Wildman–Crippen LogP) is 1.61. The van der Waals surface area contributed by atoms with Gasteiger partial charge in [-0.25, -0.2) is 0 Å². The van der Waals surface area contributed by atoms with Crippen molar-refractivity contribution in [2.75, 3.05) is 25.6 Å². The van der Waals surface area contributed by atoms with Crippen LogP contribution in [0.2, 0.25) is 0 Å². The van der Waals surface area contributed by atoms with Crippen LogP contribution in [0.1, 0.15) is 25.1 Å². The maximum atomic E-state index is 4.95. The molecule has 1 heterocycles. The second kappa shape index (κ2) is 6.37. The number of aryl methyl sites for hydroxylation is 1. The average molecular weight is 199 g/mol. The molecule has 0 amide bonds. The SMILES string of the molecule is COCCCCCNc1nc(C)no1. The monoisotopic (exact) mass is 199 g/mol. The molecule has 0 spiro atoms. The number of rotatable bonds is 7. The first-order valence-electron chi connectivity index (χ1n) is 4.86. The van der Waals surface area contributed by atoms with Crippen LogP contribution in [0.3, 0.4) is 0 Å². The lowest BCUT2D eigenvalue weighted by Gasteiger charge is -2.00. The van der Waals surface area contributed by atoms with Crippen LogP contribution in [0.15, 0.2) is 4.52 Å². The molecule has 5 heteroatoms. The Hall–Kier alpha value is -1.10. The fourth-order valence-electron chi connectivity index (χ4n) is 1.11. The molecule has 0 saturated heterocycles. The Morgan fingerprint density at radius 2 is 2.21 bits per heavy atom. The zero-order chi connectivity index (χ0) is 10.2. The van der Waals surface area contributed by atoms with Gasteiger partial charge in [0.15, 0.2) is 5.82 Å². The van der Waals surface area contributed by atoms with Crippen LogP contribution in [0.4, 0.5) is 6.01 Å². The van der Waals surface area contributed by atoms with Crippen molar-refractivity contribution in [2.45, 2.75) is 26.2 Å². The number of nitrogens with zero attached hydrogens (tertiary/aromatic N) is 2. The highest BCUT2D eigenvalue weighted by Crippen LogP contribution is 2.03. The van der Waals surface area contributed by atoms with E-state index in [9.17, 15) is 0 Å². The van der Waals surface area contributed by atoms with Gasteiger partial charge in [-0.05, 0) is 26.2 Å². The third-order valence-electron chi connectivity index (χ3n) is 1.83. The highest BCUT2D eigenvalue weighted by Gasteiger charge is 1.99. The van der Waals surface area contributed by atoms with E-state index in [1.807, 2.05) is 0 Å². The van der Waals surface area contributed by atoms with E-state index in [-0.39, 0.29) is 0 Å². The van der Waals surface area contributed by atoms with E-state index in [4.69, 9.17) is 9.26 Å². The summed E-state index contributed by atoms with van der Waals surface area (Å²) in [4.78, 5) is 4.03. The number of aromatic nitrogens is 2. The summed E-state index contributed by atoms with van der Waals surface area (Å²) >= 11 is 0. The minimum Gasteiger partial charge on any atom is -0.385 e. The van der Waals surface area contributed by atoms with Gasteiger partial charge < -0.3 is 14.6 Å². The van der Waals surface area contributed by atoms with Crippen LogP contribution in [0.5, 0.6) is 0 Å². The maximum absolute atomic E-state index is 4.95. The van der Waals surface area contributed by atoms with Crippen LogP contribution < -0.4 is 5.32 Å². The molecule has 80 valence electrons. The summed E-state index contributed by atoms with van der Waals surface area (Å²) in [5, 5.41) is 6.74. The van der Waals surface area contributed by atoms with Crippen molar-refractivity contribution in [1.29, 1.82) is 0 Å². The highest BCUT2D eigenvalue weighted by molar-refractivity contribution is 5.17. The highest BCUT2D eigenvalue weighted by atomic mass is 16.5. The summed E-state index contributed by atoms with van der Waals surface area (Å²) in [5.41, 5.74) is 0. The van der Waals surface area contributed by atoms with Gasteiger partial charge in [0, 0.05) is 20.3 Å². The molecule has 1 rings (SSSR count). The quantitative estimate of drug-likeness (QED) is 0.676. The van der Waals surface area contributed by atoms with Gasteiger partial charge in [0.1, 0.15) is 0 Å². The minimum absolute atomic E-state index is 0.509. The summed E-state index contributed by atoms with van der Waals surface area (Å²) in [6.07, 6.45) is 3.33. The van der Waals surface area contributed by atoms with Crippen molar-refractivity contribution in [3.63, 3.8) is 0 Å². The smallest absolute Gasteiger partial charge is 0.321 e. The molecule has 0 radical (unpaired) electrons. The van der Waals surface area contributed by atoms with Crippen molar-refractivity contribution in [1.82, 2.24) is 10.1 Å². The van der Waals surface area contributed by atoms with Crippen molar-refractivity contribution in [3.05, 3.63) is 5.82 Å². The number of nitrogens with one attached hydrogen (secondary N) is 1. The van der Waals surface area contributed by atoms with Gasteiger partial charge in [-0.3, -0.25) is 0 Å². The molecule has 1 aromatic heterocycles. The fourth-order valence-corrected chi connectivity index (χ4v) is 1.11. The molecular formula is C9H17N3O2. The van der Waals surface area contributed by atoms with Crippen molar-refractivity contribution in [2.24, 2.45) is 0 Å². The van der Waals surface area contributed by atoms with Gasteiger partial charge in [-0.2, -0.15) is 4.98 Å². The third kappa shape index (κ3) is 4.23. The van der Waals surface area contributed by atoms with E-state index >= 15 is 0 Å². The number of ether oxygens (including phenoxy) is 1. The Balaban J connectivity index is 1.99. The lowest BCUT2D eigenvalue weighted by molar-refractivity contribution is 0.192. The Kier molecular flexibility index (Phi) is 4.99. The predicted molar refractivity (Wildman–Crippen MR) is 53.3 cm³/mol. The van der Waals surface area contributed by atoms with E-state index < -0.39 is 0 Å². The van der Waals surface area contributed by atoms with Crippen LogP contribution in [0.25, 0.3) is 0 Å². The molecule has 0 fully saturated rings. The summed E-state index contributed by atoms with van der Waals surface area (Å²) in [7, 11) is 1.72. The molecule has 0 unspecified atom stereocenters. The van der Waals surface area contributed by atoms with E-state index in [2.05, 4.69) is 15.5 Å². The van der Waals surface area contributed by atoms with Gasteiger partial charge in [0.05, 0.1) is 0 Å². The second-order valence-corrected chi connectivity index (χ2v) is 3.13. The van der Waals surface area contributed by atoms with Crippen LogP contribution in [-0.4, -0.2) is 30.4 Å². The molecule has 0 saturated carbocycles. The minimum atomic E-state index is 0.509. The van der Waals surface area contributed by atoms with Gasteiger partial charge in [-0.1, -0.05) is 5.16 Å². The van der Waals surface area contributed by atoms with Crippen LogP contribution >= 0.6 is 0 Å². The Morgan fingerprint density at radius 3 is 2.86 bits per heavy atom. The lowest BCUT2D eigenvalue weighted by atomic mass is 10.2. The van der Waals surface area contributed by atoms with Gasteiger partial charge in [0.25, 0.3) is 0 Å². The van der Waals surface area contributed by atoms with Crippen molar-refractivity contribution in [3.8, 4) is 0 Å². The van der Waals surface area contributed by atoms with Crippen LogP contribution in [0, 0.1) is 6.92 Å². The maximum Gasteiger partial charge on any atom is 0.321 e. The van der Waals surface area contributed by atoms with Crippen LogP contribution in [-0.2, 0) is 4.74 Å². The number of unbranched alkanes of at least 4 members (excludes halogenated alkanes) is 2. The van der Waals surface area contributed by atoms with E-state index in [0.29, 0.717) is 11.8 Å². The van der Waals surface area contributed by atoms with E-state index in [0.717, 1.165) is 32.4 Å². The standard InChI is InChI=1S/C9H17N3O2/c1-8-11-9(14-12-8)10-6-4-3-5-7-13-2/h3-7H2,1-2H3,(H,10,11,12). The molecule has 5 nitrogen and oxygen atoms in total. The molecule has 0 atom stereocenters. The average Bonchev–Trinajstić information content (AvgIpc) is 2.58. The van der Waals surface area contributed by atoms with Gasteiger partial charge in [-0.15, -0.1) is 0 Å². The third-order valence-corrected chi connectivity index (χ3v) is 1.83. The topological polar surface area (TPSA) is 60.2 Å². The summed E-state index contributed by atoms with van der Waals surface area (Å²) in [6.45, 7) is 3.50. The first-order valence-corrected chi connectivity index (χ1v) is 4.86. The molecule has 0 bridgehead atoms. The number of anilines is 1. The zero-order valence-electron chi connectivity index (χ0n) is 8.75. The molecule has 0 aliphatic rings. The van der Waals surface area contributed by atoms with Crippen molar-refractivity contribution < 1.29 is 9.26 Å². The fraction of sp³-hybridized carbons (Fsp3) is 0.778. The summed E-state index contributed by atoms with van der Waals surface area (Å²) in [6, 6.07) is 0.509. The largest absolute Gasteiger partial charge is 0.385 e. The first kappa shape index (κ1) is 11.0. The molecule has 0 aromatic carbocycles. The summed E-state index contributed by atoms with van der Waals surface area (Å²) in [5.74, 6) is 0.659. The van der Waals surface area contributed by atoms with E-state index in [1.165, 1.54) is 0 Å². The second-order valence-electron chi connectivity index (χ2n) is 3.13. The normalized spacial score (nSPS) is 10.4. The Morgan fingerprint density at radius 1 is 1.36 bits per heavy atom. The molecule has 0 aliphatic heterocycles. The Bertz CT molecular complexity index is 250. The van der Waals surface area contributed by atoms with E-state index in [1.54, 1.807) is 14.0 Å². The van der Waals surface area contributed by atoms with Crippen molar-refractivity contribution >= 4 is 6.01 Å². The van der Waals surface area contributed by atoms with Gasteiger partial charge in [0.2, 0.25) is 0 Å². The lowest BCUT2D eigenvalue weighted by Crippen LogP contribution is -2.02. The van der Waals surface area contributed by atoms with Gasteiger partial charge >= 0.3 is 6.01 Å². The molecule has 1 N–H and O–H groups in total. The molecule has 0 aliphatic carbocycles. The number of hydrogen-bond acceptors (Lipinski definition) is 5. The zero-order valence-corrected chi connectivity index (χ0v) is 8.75. The Labute approximate surface area is 83.8 Å². The number of methoxy groups -OCH3 is 1. The molecule has 14 heavy (non-hydrogen) atoms. The summed E-state index contributed by atoms with van der Waals surface area (Å²) < 4.78 is 9.84. The molecular weight excluding hydrogens is 182 g/mol. The number of hydrogen-bond donors (Lipinski definition) is 1. The first-order chi connectivity index (χ1) is 6.83. The molecule has 1 aromatic rings.